The van der Waals surface area contributed by atoms with Crippen molar-refractivity contribution < 1.29 is 0 Å². The van der Waals surface area contributed by atoms with Gasteiger partial charge in [0.25, 0.3) is 5.56 Å². The molecule has 0 aromatic carbocycles. The molecule has 3 N–H and O–H groups in total. The van der Waals surface area contributed by atoms with Gasteiger partial charge in [0.1, 0.15) is 5.84 Å². The number of hydrogen-bond acceptors (Lipinski definition) is 3. The summed E-state index contributed by atoms with van der Waals surface area (Å²) in [6, 6.07) is 0.0271. The zero-order chi connectivity index (χ0) is 10.0. The average Bonchev–Trinajstić information content (AvgIpc) is 2.03. The van der Waals surface area contributed by atoms with E-state index in [1.54, 1.807) is 0 Å². The first kappa shape index (κ1) is 9.44. The minimum Gasteiger partial charge on any atom is -0.383 e. The number of hydrogen-bond donors (Lipinski definition) is 2. The van der Waals surface area contributed by atoms with Crippen LogP contribution in [0.1, 0.15) is 25.5 Å². The number of nitrogens with zero attached hydrogens (tertiary/aromatic N) is 2. The second-order valence-corrected chi connectivity index (χ2v) is 3.03. The van der Waals surface area contributed by atoms with Crippen LogP contribution in [0.5, 0.6) is 0 Å². The maximum Gasteiger partial charge on any atom is 0.264 e. The molecule has 0 aliphatic heterocycles. The van der Waals surface area contributed by atoms with Gasteiger partial charge in [-0.3, -0.25) is 14.8 Å². The van der Waals surface area contributed by atoms with Gasteiger partial charge in [-0.25, -0.2) is 4.98 Å². The highest BCUT2D eigenvalue weighted by Crippen LogP contribution is 1.98. The molecule has 13 heavy (non-hydrogen) atoms. The smallest absolute Gasteiger partial charge is 0.264 e. The predicted molar refractivity (Wildman–Crippen MR) is 49.9 cm³/mol. The first-order chi connectivity index (χ1) is 6.04. The molecule has 0 atom stereocenters. The number of amidine groups is 1. The van der Waals surface area contributed by atoms with Crippen molar-refractivity contribution >= 4 is 5.84 Å². The third-order valence-electron chi connectivity index (χ3n) is 1.71. The minimum absolute atomic E-state index is 0.0271. The van der Waals surface area contributed by atoms with Gasteiger partial charge in [-0.2, -0.15) is 0 Å². The Kier molecular flexibility index (Phi) is 2.46. The van der Waals surface area contributed by atoms with Crippen LogP contribution in [-0.4, -0.2) is 15.4 Å². The zero-order valence-corrected chi connectivity index (χ0v) is 7.61. The van der Waals surface area contributed by atoms with Gasteiger partial charge in [-0.1, -0.05) is 0 Å². The van der Waals surface area contributed by atoms with Gasteiger partial charge in [-0.05, 0) is 13.8 Å². The first-order valence-electron chi connectivity index (χ1n) is 3.94. The molecule has 0 spiro atoms. The molecule has 0 amide bonds. The van der Waals surface area contributed by atoms with E-state index in [0.717, 1.165) is 0 Å². The minimum atomic E-state index is -0.266. The van der Waals surface area contributed by atoms with Crippen molar-refractivity contribution in [3.63, 3.8) is 0 Å². The van der Waals surface area contributed by atoms with Gasteiger partial charge < -0.3 is 5.73 Å². The summed E-state index contributed by atoms with van der Waals surface area (Å²) in [5.74, 6) is -0.243. The summed E-state index contributed by atoms with van der Waals surface area (Å²) in [7, 11) is 0. The molecule has 1 heterocycles. The number of rotatable bonds is 2. The Balaban J connectivity index is 3.36. The summed E-state index contributed by atoms with van der Waals surface area (Å²) in [6.07, 6.45) is 2.75. The Labute approximate surface area is 75.7 Å². The average molecular weight is 180 g/mol. The summed E-state index contributed by atoms with van der Waals surface area (Å²) in [6.45, 7) is 3.74. The van der Waals surface area contributed by atoms with Gasteiger partial charge in [-0.15, -0.1) is 0 Å². The van der Waals surface area contributed by atoms with Crippen molar-refractivity contribution in [2.45, 2.75) is 19.9 Å². The molecule has 0 saturated carbocycles. The fourth-order valence-electron chi connectivity index (χ4n) is 0.979. The molecule has 1 aromatic rings. The molecule has 0 fully saturated rings. The Hall–Kier alpha value is -1.65. The molecular formula is C8H12N4O. The molecule has 70 valence electrons. The van der Waals surface area contributed by atoms with Crippen molar-refractivity contribution in [3.05, 3.63) is 28.4 Å². The van der Waals surface area contributed by atoms with Gasteiger partial charge >= 0.3 is 0 Å². The van der Waals surface area contributed by atoms with Gasteiger partial charge in [0, 0.05) is 12.2 Å². The third-order valence-corrected chi connectivity index (χ3v) is 1.71. The molecule has 1 aromatic heterocycles. The molecule has 0 saturated heterocycles. The van der Waals surface area contributed by atoms with Crippen molar-refractivity contribution in [2.24, 2.45) is 5.73 Å². The van der Waals surface area contributed by atoms with Crippen molar-refractivity contribution in [2.75, 3.05) is 0 Å². The second-order valence-electron chi connectivity index (χ2n) is 3.03. The molecule has 5 nitrogen and oxygen atoms in total. The monoisotopic (exact) mass is 180 g/mol. The lowest BCUT2D eigenvalue weighted by molar-refractivity contribution is 0.566. The highest BCUT2D eigenvalue weighted by Gasteiger charge is 2.07. The number of nitrogen functional groups attached to an aromatic ring is 1. The van der Waals surface area contributed by atoms with Crippen LogP contribution in [0, 0.1) is 5.41 Å². The molecule has 1 rings (SSSR count). The second kappa shape index (κ2) is 3.38. The Morgan fingerprint density at radius 2 is 2.31 bits per heavy atom. The Morgan fingerprint density at radius 3 is 2.77 bits per heavy atom. The summed E-state index contributed by atoms with van der Waals surface area (Å²) < 4.78 is 1.44. The number of nitrogens with one attached hydrogen (secondary N) is 1. The topological polar surface area (TPSA) is 84.8 Å². The summed E-state index contributed by atoms with van der Waals surface area (Å²) in [5.41, 5.74) is 5.10. The maximum absolute atomic E-state index is 11.6. The molecular weight excluding hydrogens is 168 g/mol. The van der Waals surface area contributed by atoms with E-state index in [-0.39, 0.29) is 23.0 Å². The summed E-state index contributed by atoms with van der Waals surface area (Å²) >= 11 is 0. The lowest BCUT2D eigenvalue weighted by atomic mass is 10.3. The quantitative estimate of drug-likeness (QED) is 0.500. The Bertz CT molecular complexity index is 380. The highest BCUT2D eigenvalue weighted by atomic mass is 16.1. The van der Waals surface area contributed by atoms with E-state index in [9.17, 15) is 4.79 Å². The van der Waals surface area contributed by atoms with E-state index in [0.29, 0.717) is 0 Å². The van der Waals surface area contributed by atoms with Crippen LogP contribution >= 0.6 is 0 Å². The van der Waals surface area contributed by atoms with Gasteiger partial charge in [0.05, 0.1) is 11.9 Å². The van der Waals surface area contributed by atoms with Crippen LogP contribution in [0.3, 0.4) is 0 Å². The number of nitrogens with two attached hydrogens (primary N) is 1. The lowest BCUT2D eigenvalue weighted by Gasteiger charge is -2.09. The summed E-state index contributed by atoms with van der Waals surface area (Å²) in [5, 5.41) is 7.14. The van der Waals surface area contributed by atoms with Gasteiger partial charge in [0.2, 0.25) is 0 Å². The molecule has 0 bridgehead atoms. The van der Waals surface area contributed by atoms with Crippen LogP contribution in [0.4, 0.5) is 0 Å². The van der Waals surface area contributed by atoms with Crippen molar-refractivity contribution in [1.29, 1.82) is 5.41 Å². The lowest BCUT2D eigenvalue weighted by Crippen LogP contribution is -2.30. The zero-order valence-electron chi connectivity index (χ0n) is 7.61. The predicted octanol–water partition coefficient (Wildman–Crippen LogP) is 0.108. The normalized spacial score (nSPS) is 10.4. The van der Waals surface area contributed by atoms with Crippen LogP contribution in [-0.2, 0) is 0 Å². The molecule has 0 aliphatic carbocycles. The van der Waals surface area contributed by atoms with E-state index in [1.165, 1.54) is 17.1 Å². The van der Waals surface area contributed by atoms with E-state index < -0.39 is 0 Å². The Morgan fingerprint density at radius 1 is 1.69 bits per heavy atom. The van der Waals surface area contributed by atoms with E-state index in [1.807, 2.05) is 13.8 Å². The molecule has 0 unspecified atom stereocenters. The van der Waals surface area contributed by atoms with Crippen LogP contribution < -0.4 is 11.3 Å². The highest BCUT2D eigenvalue weighted by molar-refractivity contribution is 5.94. The van der Waals surface area contributed by atoms with E-state index in [4.69, 9.17) is 11.1 Å². The maximum atomic E-state index is 11.6. The largest absolute Gasteiger partial charge is 0.383 e. The SMILES string of the molecule is CC(C)n1cncc(C(=N)N)c1=O. The standard InChI is InChI=1S/C8H12N4O/c1-5(2)12-4-11-3-6(7(9)10)8(12)13/h3-5H,1-2H3,(H3,9,10). The van der Waals surface area contributed by atoms with E-state index in [2.05, 4.69) is 4.98 Å². The number of aromatic nitrogens is 2. The first-order valence-corrected chi connectivity index (χ1v) is 3.94. The molecule has 0 aliphatic rings. The fourth-order valence-corrected chi connectivity index (χ4v) is 0.979. The third kappa shape index (κ3) is 1.74. The van der Waals surface area contributed by atoms with Crippen molar-refractivity contribution in [3.8, 4) is 0 Å². The summed E-state index contributed by atoms with van der Waals surface area (Å²) in [4.78, 5) is 15.4. The van der Waals surface area contributed by atoms with Crippen LogP contribution in [0.15, 0.2) is 17.3 Å². The van der Waals surface area contributed by atoms with Crippen LogP contribution in [0.25, 0.3) is 0 Å². The molecule has 5 heteroatoms. The molecule has 0 radical (unpaired) electrons. The van der Waals surface area contributed by atoms with Gasteiger partial charge in [0.15, 0.2) is 0 Å². The fraction of sp³-hybridized carbons (Fsp3) is 0.375. The van der Waals surface area contributed by atoms with E-state index >= 15 is 0 Å². The van der Waals surface area contributed by atoms with Crippen LogP contribution in [0.2, 0.25) is 0 Å². The van der Waals surface area contributed by atoms with Crippen molar-refractivity contribution in [1.82, 2.24) is 9.55 Å².